The summed E-state index contributed by atoms with van der Waals surface area (Å²) in [5.41, 5.74) is 2.09. The minimum Gasteiger partial charge on any atom is -0.481 e. The summed E-state index contributed by atoms with van der Waals surface area (Å²) < 4.78 is 26.8. The third-order valence-corrected chi connectivity index (χ3v) is 5.46. The first kappa shape index (κ1) is 25.6. The number of halogens is 1. The summed E-state index contributed by atoms with van der Waals surface area (Å²) >= 11 is 6.46. The number of carbonyl (C=O) groups excluding carboxylic acids is 1. The predicted molar refractivity (Wildman–Crippen MR) is 138 cm³/mol. The average molecular weight is 522 g/mol. The molecule has 0 radical (unpaired) electrons. The van der Waals surface area contributed by atoms with Crippen molar-refractivity contribution < 1.29 is 28.5 Å². The van der Waals surface area contributed by atoms with E-state index in [4.69, 9.17) is 35.3 Å². The predicted octanol–water partition coefficient (Wildman–Crippen LogP) is 6.13. The number of aromatic nitrogens is 2. The van der Waals surface area contributed by atoms with E-state index in [1.165, 1.54) is 21.3 Å². The minimum atomic E-state index is -0.414. The van der Waals surface area contributed by atoms with Gasteiger partial charge < -0.3 is 29.0 Å². The van der Waals surface area contributed by atoms with Crippen molar-refractivity contribution in [2.24, 2.45) is 0 Å². The average Bonchev–Trinajstić information content (AvgIpc) is 2.93. The Hall–Kier alpha value is -4.50. The van der Waals surface area contributed by atoms with Gasteiger partial charge in [-0.2, -0.15) is 9.97 Å². The zero-order valence-electron chi connectivity index (χ0n) is 20.4. The number of carbonyl (C=O) groups is 1. The molecule has 4 rings (SSSR count). The highest BCUT2D eigenvalue weighted by Crippen LogP contribution is 2.33. The van der Waals surface area contributed by atoms with Crippen molar-refractivity contribution in [3.63, 3.8) is 0 Å². The summed E-state index contributed by atoms with van der Waals surface area (Å²) in [5.74, 6) is 1.83. The molecule has 0 fully saturated rings. The molecule has 3 aromatic carbocycles. The van der Waals surface area contributed by atoms with Gasteiger partial charge in [0, 0.05) is 17.8 Å². The number of methoxy groups -OCH3 is 3. The molecule has 190 valence electrons. The standard InChI is InChI=1S/C27H24ClN3O6/c1-33-24-15-25(34-2)31-27(30-24)37-22-7-5-4-6-18(22)16-29-19-10-13-23(21(28)14-19)36-20-11-8-17(9-12-20)26(32)35-3/h4-15,29H,16H2,1-3H3. The molecular formula is C27H24ClN3O6. The number of nitrogens with zero attached hydrogens (tertiary/aromatic N) is 2. The number of hydrogen-bond acceptors (Lipinski definition) is 9. The molecule has 1 N–H and O–H groups in total. The number of benzene rings is 3. The molecule has 0 saturated heterocycles. The number of nitrogens with one attached hydrogen (secondary N) is 1. The SMILES string of the molecule is COC(=O)c1ccc(Oc2ccc(NCc3ccccc3Oc3nc(OC)cc(OC)n3)cc2Cl)cc1. The van der Waals surface area contributed by atoms with Crippen LogP contribution in [0.15, 0.2) is 72.8 Å². The molecule has 0 amide bonds. The summed E-state index contributed by atoms with van der Waals surface area (Å²) in [6.07, 6.45) is 0. The lowest BCUT2D eigenvalue weighted by Gasteiger charge is -2.14. The maximum absolute atomic E-state index is 11.6. The van der Waals surface area contributed by atoms with Gasteiger partial charge in [-0.05, 0) is 48.5 Å². The van der Waals surface area contributed by atoms with Crippen molar-refractivity contribution in [2.75, 3.05) is 26.6 Å². The fraction of sp³-hybridized carbons (Fsp3) is 0.148. The van der Waals surface area contributed by atoms with Crippen LogP contribution in [-0.2, 0) is 11.3 Å². The molecule has 0 aliphatic carbocycles. The molecule has 1 heterocycles. The van der Waals surface area contributed by atoms with Gasteiger partial charge in [0.05, 0.1) is 38.0 Å². The van der Waals surface area contributed by atoms with Crippen LogP contribution in [-0.4, -0.2) is 37.3 Å². The van der Waals surface area contributed by atoms with E-state index in [-0.39, 0.29) is 6.01 Å². The Morgan fingerprint density at radius 3 is 2.19 bits per heavy atom. The van der Waals surface area contributed by atoms with E-state index in [0.29, 0.717) is 46.1 Å². The van der Waals surface area contributed by atoms with Gasteiger partial charge >= 0.3 is 12.0 Å². The van der Waals surface area contributed by atoms with E-state index in [1.807, 2.05) is 30.3 Å². The number of hydrogen-bond donors (Lipinski definition) is 1. The maximum atomic E-state index is 11.6. The van der Waals surface area contributed by atoms with Crippen molar-refractivity contribution in [3.8, 4) is 35.0 Å². The van der Waals surface area contributed by atoms with Gasteiger partial charge in [0.25, 0.3) is 0 Å². The van der Waals surface area contributed by atoms with E-state index in [9.17, 15) is 4.79 Å². The lowest BCUT2D eigenvalue weighted by Crippen LogP contribution is -2.03. The van der Waals surface area contributed by atoms with E-state index in [2.05, 4.69) is 15.3 Å². The zero-order valence-corrected chi connectivity index (χ0v) is 21.1. The van der Waals surface area contributed by atoms with Gasteiger partial charge in [-0.3, -0.25) is 0 Å². The smallest absolute Gasteiger partial charge is 0.337 e. The van der Waals surface area contributed by atoms with Crippen LogP contribution in [0.25, 0.3) is 0 Å². The lowest BCUT2D eigenvalue weighted by atomic mass is 10.2. The van der Waals surface area contributed by atoms with Crippen LogP contribution in [0, 0.1) is 0 Å². The molecule has 0 bridgehead atoms. The highest BCUT2D eigenvalue weighted by Gasteiger charge is 2.12. The zero-order chi connectivity index (χ0) is 26.2. The molecule has 4 aromatic rings. The number of esters is 1. The Labute approximate surface area is 218 Å². The number of rotatable bonds is 10. The number of para-hydroxylation sites is 1. The highest BCUT2D eigenvalue weighted by molar-refractivity contribution is 6.32. The van der Waals surface area contributed by atoms with Gasteiger partial charge in [0.2, 0.25) is 11.8 Å². The molecule has 0 aliphatic heterocycles. The number of anilines is 1. The first-order valence-corrected chi connectivity index (χ1v) is 11.5. The Kier molecular flexibility index (Phi) is 8.27. The van der Waals surface area contributed by atoms with Gasteiger partial charge in [-0.1, -0.05) is 29.8 Å². The van der Waals surface area contributed by atoms with Crippen LogP contribution in [0.5, 0.6) is 35.0 Å². The summed E-state index contributed by atoms with van der Waals surface area (Å²) in [5, 5.41) is 3.75. The summed E-state index contributed by atoms with van der Waals surface area (Å²) in [7, 11) is 4.34. The third-order valence-electron chi connectivity index (χ3n) is 5.17. The van der Waals surface area contributed by atoms with E-state index >= 15 is 0 Å². The van der Waals surface area contributed by atoms with Crippen LogP contribution in [0.2, 0.25) is 5.02 Å². The Morgan fingerprint density at radius 2 is 1.54 bits per heavy atom. The van der Waals surface area contributed by atoms with Crippen molar-refractivity contribution in [3.05, 3.63) is 88.9 Å². The van der Waals surface area contributed by atoms with E-state index in [1.54, 1.807) is 42.5 Å². The molecule has 0 saturated carbocycles. The Balaban J connectivity index is 1.43. The molecule has 1 aromatic heterocycles. The minimum absolute atomic E-state index is 0.104. The maximum Gasteiger partial charge on any atom is 0.337 e. The second-order valence-corrected chi connectivity index (χ2v) is 7.97. The summed E-state index contributed by atoms with van der Waals surface area (Å²) in [4.78, 5) is 20.0. The molecule has 37 heavy (non-hydrogen) atoms. The highest BCUT2D eigenvalue weighted by atomic mass is 35.5. The van der Waals surface area contributed by atoms with Crippen molar-refractivity contribution in [1.29, 1.82) is 0 Å². The first-order valence-electron chi connectivity index (χ1n) is 11.1. The van der Waals surface area contributed by atoms with Crippen LogP contribution >= 0.6 is 11.6 Å². The summed E-state index contributed by atoms with van der Waals surface area (Å²) in [6.45, 7) is 0.447. The molecule has 0 aliphatic rings. The van der Waals surface area contributed by atoms with Crippen LogP contribution in [0.4, 0.5) is 5.69 Å². The molecule has 9 nitrogen and oxygen atoms in total. The second-order valence-electron chi connectivity index (χ2n) is 7.56. The molecule has 10 heteroatoms. The van der Waals surface area contributed by atoms with Crippen LogP contribution < -0.4 is 24.3 Å². The Bertz CT molecular complexity index is 1360. The van der Waals surface area contributed by atoms with Crippen molar-refractivity contribution in [2.45, 2.75) is 6.54 Å². The molecule has 0 spiro atoms. The third kappa shape index (κ3) is 6.59. The van der Waals surface area contributed by atoms with Crippen molar-refractivity contribution in [1.82, 2.24) is 9.97 Å². The largest absolute Gasteiger partial charge is 0.481 e. The topological polar surface area (TPSA) is 101 Å². The second kappa shape index (κ2) is 12.0. The quantitative estimate of drug-likeness (QED) is 0.247. The Morgan fingerprint density at radius 1 is 0.838 bits per heavy atom. The van der Waals surface area contributed by atoms with Gasteiger partial charge in [-0.15, -0.1) is 0 Å². The fourth-order valence-electron chi connectivity index (χ4n) is 3.28. The number of ether oxygens (including phenoxy) is 5. The molecule has 0 atom stereocenters. The van der Waals surface area contributed by atoms with Gasteiger partial charge in [-0.25, -0.2) is 4.79 Å². The first-order chi connectivity index (χ1) is 18.0. The van der Waals surface area contributed by atoms with Gasteiger partial charge in [0.1, 0.15) is 17.2 Å². The van der Waals surface area contributed by atoms with E-state index < -0.39 is 5.97 Å². The van der Waals surface area contributed by atoms with Gasteiger partial charge in [0.15, 0.2) is 0 Å². The molecule has 0 unspecified atom stereocenters. The lowest BCUT2D eigenvalue weighted by molar-refractivity contribution is 0.0600. The van der Waals surface area contributed by atoms with Crippen LogP contribution in [0.1, 0.15) is 15.9 Å². The molecular weight excluding hydrogens is 498 g/mol. The normalized spacial score (nSPS) is 10.4. The van der Waals surface area contributed by atoms with E-state index in [0.717, 1.165) is 11.3 Å². The summed E-state index contributed by atoms with van der Waals surface area (Å²) in [6, 6.07) is 21.2. The van der Waals surface area contributed by atoms with Crippen LogP contribution in [0.3, 0.4) is 0 Å². The van der Waals surface area contributed by atoms with Crippen molar-refractivity contribution >= 4 is 23.3 Å². The fourth-order valence-corrected chi connectivity index (χ4v) is 3.50. The monoisotopic (exact) mass is 521 g/mol.